The van der Waals surface area contributed by atoms with E-state index in [-0.39, 0.29) is 17.8 Å². The molecule has 0 fully saturated rings. The lowest BCUT2D eigenvalue weighted by molar-refractivity contribution is -0.385. The number of hydrogen-bond acceptors (Lipinski definition) is 8. The molecule has 1 N–H and O–H groups in total. The maximum Gasteiger partial charge on any atom is 0.306 e. The molecule has 1 atom stereocenters. The van der Waals surface area contributed by atoms with E-state index in [0.29, 0.717) is 24.9 Å². The molecule has 2 aromatic rings. The molecule has 0 aliphatic carbocycles. The predicted octanol–water partition coefficient (Wildman–Crippen LogP) is 1.14. The van der Waals surface area contributed by atoms with E-state index in [4.69, 9.17) is 4.42 Å². The van der Waals surface area contributed by atoms with Crippen LogP contribution in [-0.2, 0) is 13.1 Å². The van der Waals surface area contributed by atoms with Gasteiger partial charge in [-0.2, -0.15) is 5.10 Å². The van der Waals surface area contributed by atoms with Gasteiger partial charge in [0.25, 0.3) is 0 Å². The van der Waals surface area contributed by atoms with Crippen LogP contribution in [0.2, 0.25) is 0 Å². The summed E-state index contributed by atoms with van der Waals surface area (Å²) >= 11 is 0. The minimum absolute atomic E-state index is 0.101. The Bertz CT molecular complexity index is 689. The van der Waals surface area contributed by atoms with Crippen LogP contribution in [-0.4, -0.2) is 53.1 Å². The number of aryl methyl sites for hydroxylation is 1. The molecule has 0 spiro atoms. The van der Waals surface area contributed by atoms with Gasteiger partial charge < -0.3 is 9.52 Å². The van der Waals surface area contributed by atoms with Gasteiger partial charge in [-0.25, -0.2) is 0 Å². The van der Waals surface area contributed by atoms with Crippen LogP contribution >= 0.6 is 0 Å². The van der Waals surface area contributed by atoms with Crippen LogP contribution in [0.4, 0.5) is 5.69 Å². The highest BCUT2D eigenvalue weighted by atomic mass is 16.6. The molecule has 1 unspecified atom stereocenters. The summed E-state index contributed by atoms with van der Waals surface area (Å²) in [5.74, 6) is 0.965. The molecule has 2 rings (SSSR count). The fourth-order valence-electron chi connectivity index (χ4n) is 2.22. The summed E-state index contributed by atoms with van der Waals surface area (Å²) in [5.41, 5.74) is -0.337. The molecule has 0 bridgehead atoms. The fraction of sp³-hybridized carbons (Fsp3) is 0.643. The molecular weight excluding hydrogens is 316 g/mol. The highest BCUT2D eigenvalue weighted by Gasteiger charge is 2.26. The van der Waals surface area contributed by atoms with Crippen molar-refractivity contribution in [3.8, 4) is 0 Å². The second-order valence-corrected chi connectivity index (χ2v) is 6.60. The normalized spacial score (nSPS) is 13.4. The molecule has 0 amide bonds. The summed E-state index contributed by atoms with van der Waals surface area (Å²) in [5, 5.41) is 32.7. The maximum absolute atomic E-state index is 10.7. The lowest BCUT2D eigenvalue weighted by Gasteiger charge is -2.35. The highest BCUT2D eigenvalue weighted by molar-refractivity contribution is 5.20. The molecule has 0 saturated heterocycles. The van der Waals surface area contributed by atoms with Gasteiger partial charge in [0, 0.05) is 19.0 Å². The molecule has 10 heteroatoms. The van der Waals surface area contributed by atoms with Gasteiger partial charge in [0.1, 0.15) is 12.4 Å². The zero-order chi connectivity index (χ0) is 17.9. The van der Waals surface area contributed by atoms with Gasteiger partial charge in [-0.05, 0) is 20.8 Å². The average Bonchev–Trinajstić information content (AvgIpc) is 3.06. The van der Waals surface area contributed by atoms with E-state index >= 15 is 0 Å². The van der Waals surface area contributed by atoms with Gasteiger partial charge in [0.2, 0.25) is 11.8 Å². The number of aromatic nitrogens is 4. The molecule has 24 heavy (non-hydrogen) atoms. The van der Waals surface area contributed by atoms with Gasteiger partial charge >= 0.3 is 5.69 Å². The Balaban J connectivity index is 2.01. The molecule has 0 aromatic carbocycles. The molecule has 10 nitrogen and oxygen atoms in total. The van der Waals surface area contributed by atoms with Crippen molar-refractivity contribution in [3.63, 3.8) is 0 Å². The second-order valence-electron chi connectivity index (χ2n) is 6.60. The standard InChI is InChI=1S/C14H22N6O4/c1-10-16-17-13(24-10)9-18(14(2,3)4)7-12(21)8-19-6-11(5-15-19)20(22)23/h5-6,12,21H,7-9H2,1-4H3. The maximum atomic E-state index is 10.7. The van der Waals surface area contributed by atoms with Crippen molar-refractivity contribution < 1.29 is 14.4 Å². The third kappa shape index (κ3) is 4.83. The molecule has 0 saturated carbocycles. The van der Waals surface area contributed by atoms with E-state index in [1.165, 1.54) is 10.9 Å². The van der Waals surface area contributed by atoms with Crippen molar-refractivity contribution in [3.05, 3.63) is 34.3 Å². The van der Waals surface area contributed by atoms with Gasteiger partial charge in [0.15, 0.2) is 0 Å². The van der Waals surface area contributed by atoms with Crippen LogP contribution in [0, 0.1) is 17.0 Å². The first-order chi connectivity index (χ1) is 11.1. The van der Waals surface area contributed by atoms with Crippen molar-refractivity contribution in [1.29, 1.82) is 0 Å². The Hall–Kier alpha value is -2.33. The summed E-state index contributed by atoms with van der Waals surface area (Å²) < 4.78 is 6.76. The molecule has 0 aliphatic heterocycles. The topological polar surface area (TPSA) is 123 Å². The highest BCUT2D eigenvalue weighted by Crippen LogP contribution is 2.18. The summed E-state index contributed by atoms with van der Waals surface area (Å²) in [4.78, 5) is 12.2. The Morgan fingerprint density at radius 2 is 2.17 bits per heavy atom. The fourth-order valence-corrected chi connectivity index (χ4v) is 2.22. The smallest absolute Gasteiger partial charge is 0.306 e. The predicted molar refractivity (Wildman–Crippen MR) is 84.1 cm³/mol. The second kappa shape index (κ2) is 7.05. The number of nitrogens with zero attached hydrogens (tertiary/aromatic N) is 6. The Kier molecular flexibility index (Phi) is 5.30. The Labute approximate surface area is 139 Å². The number of β-amino-alcohol motifs (C(OH)–C–C–N with tert-alkyl or cyclic N) is 1. The minimum Gasteiger partial charge on any atom is -0.424 e. The van der Waals surface area contributed by atoms with Crippen LogP contribution < -0.4 is 0 Å². The van der Waals surface area contributed by atoms with E-state index in [1.54, 1.807) is 6.92 Å². The van der Waals surface area contributed by atoms with E-state index in [1.807, 2.05) is 25.7 Å². The monoisotopic (exact) mass is 338 g/mol. The number of rotatable bonds is 7. The molecule has 0 aliphatic rings. The van der Waals surface area contributed by atoms with Crippen molar-refractivity contribution in [2.24, 2.45) is 0 Å². The van der Waals surface area contributed by atoms with Crippen LogP contribution in [0.3, 0.4) is 0 Å². The van der Waals surface area contributed by atoms with Gasteiger partial charge in [0.05, 0.1) is 24.1 Å². The van der Waals surface area contributed by atoms with Crippen molar-refractivity contribution in [1.82, 2.24) is 24.9 Å². The largest absolute Gasteiger partial charge is 0.424 e. The SMILES string of the molecule is Cc1nnc(CN(CC(O)Cn2cc([N+](=O)[O-])cn2)C(C)(C)C)o1. The Morgan fingerprint density at radius 3 is 2.67 bits per heavy atom. The van der Waals surface area contributed by atoms with Crippen LogP contribution in [0.15, 0.2) is 16.8 Å². The number of nitro groups is 1. The van der Waals surface area contributed by atoms with Gasteiger partial charge in [-0.15, -0.1) is 10.2 Å². The molecule has 132 valence electrons. The minimum atomic E-state index is -0.757. The lowest BCUT2D eigenvalue weighted by Crippen LogP contribution is -2.46. The van der Waals surface area contributed by atoms with E-state index in [0.717, 1.165) is 6.20 Å². The summed E-state index contributed by atoms with van der Waals surface area (Å²) in [6, 6.07) is 0. The zero-order valence-corrected chi connectivity index (χ0v) is 14.2. The summed E-state index contributed by atoms with van der Waals surface area (Å²) in [7, 11) is 0. The van der Waals surface area contributed by atoms with E-state index < -0.39 is 11.0 Å². The van der Waals surface area contributed by atoms with Crippen molar-refractivity contribution in [2.45, 2.75) is 52.4 Å². The quantitative estimate of drug-likeness (QED) is 0.589. The summed E-state index contributed by atoms with van der Waals surface area (Å²) in [6.07, 6.45) is 1.70. The third-order valence-corrected chi connectivity index (χ3v) is 3.50. The van der Waals surface area contributed by atoms with Gasteiger partial charge in [-0.1, -0.05) is 0 Å². The van der Waals surface area contributed by atoms with Crippen LogP contribution in [0.25, 0.3) is 0 Å². The first-order valence-electron chi connectivity index (χ1n) is 7.54. The number of aliphatic hydroxyl groups excluding tert-OH is 1. The third-order valence-electron chi connectivity index (χ3n) is 3.50. The summed E-state index contributed by atoms with van der Waals surface area (Å²) in [6.45, 7) is 8.66. The number of hydrogen-bond donors (Lipinski definition) is 1. The van der Waals surface area contributed by atoms with Crippen molar-refractivity contribution >= 4 is 5.69 Å². The first kappa shape index (κ1) is 18.0. The van der Waals surface area contributed by atoms with Crippen LogP contribution in [0.1, 0.15) is 32.6 Å². The first-order valence-corrected chi connectivity index (χ1v) is 7.54. The lowest BCUT2D eigenvalue weighted by atomic mass is 10.1. The zero-order valence-electron chi connectivity index (χ0n) is 14.2. The van der Waals surface area contributed by atoms with E-state index in [9.17, 15) is 15.2 Å². The Morgan fingerprint density at radius 1 is 1.46 bits per heavy atom. The number of aliphatic hydroxyl groups is 1. The van der Waals surface area contributed by atoms with Crippen molar-refractivity contribution in [2.75, 3.05) is 6.54 Å². The molecule has 0 radical (unpaired) electrons. The molecular formula is C14H22N6O4. The molecule has 2 aromatic heterocycles. The average molecular weight is 338 g/mol. The van der Waals surface area contributed by atoms with E-state index in [2.05, 4.69) is 15.3 Å². The molecule has 2 heterocycles. The van der Waals surface area contributed by atoms with Gasteiger partial charge in [-0.3, -0.25) is 19.7 Å². The van der Waals surface area contributed by atoms with Crippen LogP contribution in [0.5, 0.6) is 0 Å².